The van der Waals surface area contributed by atoms with Crippen molar-refractivity contribution in [3.8, 4) is 0 Å². The minimum atomic E-state index is 0.385. The molecule has 1 unspecified atom stereocenters. The van der Waals surface area contributed by atoms with Gasteiger partial charge in [-0.25, -0.2) is 0 Å². The van der Waals surface area contributed by atoms with Crippen LogP contribution < -0.4 is 0 Å². The lowest BCUT2D eigenvalue weighted by Gasteiger charge is -2.15. The highest BCUT2D eigenvalue weighted by Crippen LogP contribution is 2.21. The van der Waals surface area contributed by atoms with Crippen LogP contribution in [0, 0.1) is 5.92 Å². The lowest BCUT2D eigenvalue weighted by molar-refractivity contribution is -0.114. The summed E-state index contributed by atoms with van der Waals surface area (Å²) in [6, 6.07) is 0. The molecule has 0 aromatic rings. The Kier molecular flexibility index (Phi) is 5.03. The summed E-state index contributed by atoms with van der Waals surface area (Å²) in [5.74, 6) is 1.10. The molecule has 0 heterocycles. The molecule has 0 saturated heterocycles. The highest BCUT2D eigenvalue weighted by Gasteiger charge is 2.15. The number of ketones is 1. The van der Waals surface area contributed by atoms with Crippen LogP contribution in [0.15, 0.2) is 11.6 Å². The first kappa shape index (κ1) is 12.4. The van der Waals surface area contributed by atoms with E-state index < -0.39 is 0 Å². The molecular formula is C13H23NO. The second kappa shape index (κ2) is 6.06. The first-order valence-corrected chi connectivity index (χ1v) is 5.96. The standard InChI is InChI=1S/C13H23NO/c1-11(10-14(2)3)6-4-7-12-8-5-9-13(12)15/h7,11H,4-6,8-10H2,1-3H3. The van der Waals surface area contributed by atoms with E-state index in [2.05, 4.69) is 32.0 Å². The molecule has 15 heavy (non-hydrogen) atoms. The molecule has 86 valence electrons. The van der Waals surface area contributed by atoms with Gasteiger partial charge >= 0.3 is 0 Å². The zero-order valence-corrected chi connectivity index (χ0v) is 10.3. The highest BCUT2D eigenvalue weighted by atomic mass is 16.1. The van der Waals surface area contributed by atoms with Gasteiger partial charge in [-0.1, -0.05) is 13.0 Å². The van der Waals surface area contributed by atoms with Crippen LogP contribution >= 0.6 is 0 Å². The van der Waals surface area contributed by atoms with Gasteiger partial charge in [0.05, 0.1) is 0 Å². The lowest BCUT2D eigenvalue weighted by Crippen LogP contribution is -2.19. The molecule has 1 atom stereocenters. The van der Waals surface area contributed by atoms with Gasteiger partial charge in [0, 0.05) is 13.0 Å². The SMILES string of the molecule is CC(CCC=C1CCCC1=O)CN(C)C. The third-order valence-electron chi connectivity index (χ3n) is 2.94. The van der Waals surface area contributed by atoms with Gasteiger partial charge in [-0.3, -0.25) is 4.79 Å². The lowest BCUT2D eigenvalue weighted by atomic mass is 10.0. The Bertz CT molecular complexity index is 243. The Morgan fingerprint density at radius 1 is 1.40 bits per heavy atom. The molecule has 2 nitrogen and oxygen atoms in total. The van der Waals surface area contributed by atoms with Crippen molar-refractivity contribution in [3.05, 3.63) is 11.6 Å². The smallest absolute Gasteiger partial charge is 0.158 e. The Labute approximate surface area is 93.3 Å². The second-order valence-electron chi connectivity index (χ2n) is 4.95. The molecule has 0 N–H and O–H groups in total. The van der Waals surface area contributed by atoms with Crippen molar-refractivity contribution < 1.29 is 4.79 Å². The van der Waals surface area contributed by atoms with Crippen molar-refractivity contribution in [3.63, 3.8) is 0 Å². The normalized spacial score (nSPS) is 21.6. The zero-order chi connectivity index (χ0) is 11.3. The maximum atomic E-state index is 11.4. The van der Waals surface area contributed by atoms with Crippen molar-refractivity contribution >= 4 is 5.78 Å². The van der Waals surface area contributed by atoms with Gasteiger partial charge < -0.3 is 4.90 Å². The molecule has 0 amide bonds. The van der Waals surface area contributed by atoms with E-state index in [4.69, 9.17) is 0 Å². The summed E-state index contributed by atoms with van der Waals surface area (Å²) in [4.78, 5) is 13.6. The van der Waals surface area contributed by atoms with Crippen LogP contribution in [0.4, 0.5) is 0 Å². The topological polar surface area (TPSA) is 20.3 Å². The monoisotopic (exact) mass is 209 g/mol. The molecule has 0 aromatic carbocycles. The number of carbonyl (C=O) groups excluding carboxylic acids is 1. The number of rotatable bonds is 5. The van der Waals surface area contributed by atoms with E-state index in [-0.39, 0.29) is 0 Å². The predicted octanol–water partition coefficient (Wildman–Crippen LogP) is 2.64. The molecular weight excluding hydrogens is 186 g/mol. The minimum Gasteiger partial charge on any atom is -0.309 e. The van der Waals surface area contributed by atoms with Crippen molar-refractivity contribution in [2.45, 2.75) is 39.0 Å². The number of nitrogens with zero attached hydrogens (tertiary/aromatic N) is 1. The Hall–Kier alpha value is -0.630. The summed E-state index contributed by atoms with van der Waals surface area (Å²) in [5, 5.41) is 0. The average molecular weight is 209 g/mol. The number of hydrogen-bond donors (Lipinski definition) is 0. The molecule has 1 aliphatic carbocycles. The van der Waals surface area contributed by atoms with Crippen LogP contribution in [0.5, 0.6) is 0 Å². The molecule has 0 bridgehead atoms. The van der Waals surface area contributed by atoms with E-state index in [1.807, 2.05) is 0 Å². The first-order chi connectivity index (χ1) is 7.09. The Morgan fingerprint density at radius 2 is 2.13 bits per heavy atom. The predicted molar refractivity (Wildman–Crippen MR) is 63.9 cm³/mol. The van der Waals surface area contributed by atoms with Crippen LogP contribution in [-0.4, -0.2) is 31.3 Å². The van der Waals surface area contributed by atoms with E-state index in [1.165, 1.54) is 6.42 Å². The largest absolute Gasteiger partial charge is 0.309 e. The van der Waals surface area contributed by atoms with Crippen LogP contribution in [0.25, 0.3) is 0 Å². The fourth-order valence-corrected chi connectivity index (χ4v) is 2.21. The quantitative estimate of drug-likeness (QED) is 0.649. The van der Waals surface area contributed by atoms with Gasteiger partial charge in [0.1, 0.15) is 0 Å². The van der Waals surface area contributed by atoms with Crippen LogP contribution in [-0.2, 0) is 4.79 Å². The van der Waals surface area contributed by atoms with Crippen LogP contribution in [0.3, 0.4) is 0 Å². The fraction of sp³-hybridized carbons (Fsp3) is 0.769. The Morgan fingerprint density at radius 3 is 2.67 bits per heavy atom. The molecule has 0 aliphatic heterocycles. The van der Waals surface area contributed by atoms with Gasteiger partial charge in [-0.2, -0.15) is 0 Å². The van der Waals surface area contributed by atoms with Gasteiger partial charge in [-0.15, -0.1) is 0 Å². The maximum Gasteiger partial charge on any atom is 0.158 e. The number of carbonyl (C=O) groups is 1. The van der Waals surface area contributed by atoms with Crippen molar-refractivity contribution in [1.82, 2.24) is 4.90 Å². The highest BCUT2D eigenvalue weighted by molar-refractivity contribution is 5.97. The second-order valence-corrected chi connectivity index (χ2v) is 4.95. The summed E-state index contributed by atoms with van der Waals surface area (Å²) in [7, 11) is 4.21. The fourth-order valence-electron chi connectivity index (χ4n) is 2.21. The molecule has 0 aromatic heterocycles. The van der Waals surface area contributed by atoms with E-state index in [9.17, 15) is 4.79 Å². The third kappa shape index (κ3) is 4.61. The third-order valence-corrected chi connectivity index (χ3v) is 2.94. The first-order valence-electron chi connectivity index (χ1n) is 5.96. The van der Waals surface area contributed by atoms with Gasteiger partial charge in [0.25, 0.3) is 0 Å². The van der Waals surface area contributed by atoms with Crippen molar-refractivity contribution in [2.75, 3.05) is 20.6 Å². The van der Waals surface area contributed by atoms with E-state index in [1.54, 1.807) is 0 Å². The molecule has 1 saturated carbocycles. The summed E-state index contributed by atoms with van der Waals surface area (Å²) in [6.45, 7) is 3.41. The number of hydrogen-bond acceptors (Lipinski definition) is 2. The summed E-state index contributed by atoms with van der Waals surface area (Å²) in [6.07, 6.45) is 7.28. The summed E-state index contributed by atoms with van der Waals surface area (Å²) in [5.41, 5.74) is 1.09. The van der Waals surface area contributed by atoms with Crippen LogP contribution in [0.1, 0.15) is 39.0 Å². The summed E-state index contributed by atoms with van der Waals surface area (Å²) >= 11 is 0. The molecule has 1 rings (SSSR count). The van der Waals surface area contributed by atoms with Gasteiger partial charge in [-0.05, 0) is 51.3 Å². The van der Waals surface area contributed by atoms with Crippen molar-refractivity contribution in [1.29, 1.82) is 0 Å². The number of Topliss-reactive ketones (excluding diaryl/α,β-unsaturated/α-hetero) is 1. The molecule has 1 fully saturated rings. The van der Waals surface area contributed by atoms with E-state index in [0.717, 1.165) is 37.8 Å². The average Bonchev–Trinajstić information content (AvgIpc) is 2.50. The molecule has 0 radical (unpaired) electrons. The van der Waals surface area contributed by atoms with Crippen molar-refractivity contribution in [2.24, 2.45) is 5.92 Å². The zero-order valence-electron chi connectivity index (χ0n) is 10.3. The molecule has 0 spiro atoms. The maximum absolute atomic E-state index is 11.4. The number of allylic oxidation sites excluding steroid dienone is 2. The Balaban J connectivity index is 2.23. The summed E-state index contributed by atoms with van der Waals surface area (Å²) < 4.78 is 0. The van der Waals surface area contributed by atoms with Gasteiger partial charge in [0.2, 0.25) is 0 Å². The van der Waals surface area contributed by atoms with E-state index in [0.29, 0.717) is 11.7 Å². The van der Waals surface area contributed by atoms with Crippen LogP contribution in [0.2, 0.25) is 0 Å². The van der Waals surface area contributed by atoms with Gasteiger partial charge in [0.15, 0.2) is 5.78 Å². The molecule has 1 aliphatic rings. The molecule has 2 heteroatoms. The minimum absolute atomic E-state index is 0.385. The van der Waals surface area contributed by atoms with E-state index >= 15 is 0 Å².